The van der Waals surface area contributed by atoms with Crippen molar-refractivity contribution in [2.75, 3.05) is 0 Å². The molecule has 1 amide bonds. The molecule has 0 spiro atoms. The van der Waals surface area contributed by atoms with Crippen LogP contribution in [0, 0.1) is 6.92 Å². The van der Waals surface area contributed by atoms with Gasteiger partial charge in [0.05, 0.1) is 12.1 Å². The van der Waals surface area contributed by atoms with Gasteiger partial charge in [-0.05, 0) is 19.9 Å². The van der Waals surface area contributed by atoms with Gasteiger partial charge in [-0.3, -0.25) is 4.79 Å². The van der Waals surface area contributed by atoms with E-state index in [2.05, 4.69) is 5.16 Å². The van der Waals surface area contributed by atoms with Gasteiger partial charge in [-0.2, -0.15) is 0 Å². The number of fused-ring (bicyclic) bond motifs is 1. The number of aromatic nitrogens is 1. The van der Waals surface area contributed by atoms with E-state index < -0.39 is 37.9 Å². The van der Waals surface area contributed by atoms with Gasteiger partial charge in [0.25, 0.3) is 0 Å². The third-order valence-electron chi connectivity index (χ3n) is 4.20. The number of sulfone groups is 1. The van der Waals surface area contributed by atoms with Crippen molar-refractivity contribution < 1.29 is 27.6 Å². The molecule has 3 heterocycles. The molecule has 2 saturated heterocycles. The van der Waals surface area contributed by atoms with E-state index in [1.807, 2.05) is 0 Å². The minimum absolute atomic E-state index is 0.170. The maximum atomic E-state index is 12.6. The molecule has 0 aromatic carbocycles. The van der Waals surface area contributed by atoms with E-state index in [0.717, 1.165) is 4.90 Å². The third kappa shape index (κ3) is 1.75. The Morgan fingerprint density at radius 3 is 2.77 bits per heavy atom. The van der Waals surface area contributed by atoms with Gasteiger partial charge in [0.2, 0.25) is 5.91 Å². The highest BCUT2D eigenvalue weighted by Crippen LogP contribution is 2.46. The number of amides is 1. The van der Waals surface area contributed by atoms with Crippen LogP contribution in [0.2, 0.25) is 0 Å². The fourth-order valence-corrected chi connectivity index (χ4v) is 5.23. The standard InChI is InChI=1S/C13H14N2O6S/c1-7-5-8(21-14-7)3-4-13(2)11(12(17)18)15-9(16)6-10(15)22(13,19)20/h3-5,10-11H,6H2,1-2H3,(H,17,18)/b4-3-/t10-,11+,13+/m1/s1. The molecule has 9 heteroatoms. The third-order valence-corrected chi connectivity index (χ3v) is 6.89. The van der Waals surface area contributed by atoms with Crippen molar-refractivity contribution in [1.82, 2.24) is 10.1 Å². The molecule has 0 radical (unpaired) electrons. The number of hydrogen-bond acceptors (Lipinski definition) is 6. The summed E-state index contributed by atoms with van der Waals surface area (Å²) < 4.78 is 28.5. The first-order chi connectivity index (χ1) is 10.2. The lowest BCUT2D eigenvalue weighted by atomic mass is 9.96. The van der Waals surface area contributed by atoms with E-state index >= 15 is 0 Å². The Kier molecular flexibility index (Phi) is 2.96. The number of β-lactam (4-membered cyclic amide) rings is 1. The topological polar surface area (TPSA) is 118 Å². The first kappa shape index (κ1) is 14.8. The zero-order valence-electron chi connectivity index (χ0n) is 11.9. The van der Waals surface area contributed by atoms with Gasteiger partial charge in [0.1, 0.15) is 10.1 Å². The van der Waals surface area contributed by atoms with Gasteiger partial charge in [-0.1, -0.05) is 11.2 Å². The Hall–Kier alpha value is -2.16. The Balaban J connectivity index is 2.06. The molecule has 0 saturated carbocycles. The summed E-state index contributed by atoms with van der Waals surface area (Å²) in [6.07, 6.45) is 2.48. The van der Waals surface area contributed by atoms with E-state index in [9.17, 15) is 23.1 Å². The summed E-state index contributed by atoms with van der Waals surface area (Å²) in [5.41, 5.74) is 0.618. The van der Waals surface area contributed by atoms with Crippen LogP contribution in [0.25, 0.3) is 6.08 Å². The molecule has 0 unspecified atom stereocenters. The summed E-state index contributed by atoms with van der Waals surface area (Å²) in [6.45, 7) is 3.02. The van der Waals surface area contributed by atoms with Crippen LogP contribution in [0.3, 0.4) is 0 Å². The molecule has 118 valence electrons. The van der Waals surface area contributed by atoms with E-state index in [4.69, 9.17) is 4.52 Å². The van der Waals surface area contributed by atoms with Crippen molar-refractivity contribution in [3.8, 4) is 0 Å². The molecule has 2 aliphatic rings. The fraction of sp³-hybridized carbons (Fsp3) is 0.462. The van der Waals surface area contributed by atoms with Crippen LogP contribution >= 0.6 is 0 Å². The van der Waals surface area contributed by atoms with E-state index in [-0.39, 0.29) is 6.42 Å². The highest BCUT2D eigenvalue weighted by atomic mass is 32.2. The van der Waals surface area contributed by atoms with Crippen LogP contribution in [0.15, 0.2) is 16.7 Å². The molecular weight excluding hydrogens is 312 g/mol. The molecule has 1 aromatic heterocycles. The first-order valence-corrected chi connectivity index (χ1v) is 8.13. The molecular formula is C13H14N2O6S. The lowest BCUT2D eigenvalue weighted by Gasteiger charge is -2.35. The summed E-state index contributed by atoms with van der Waals surface area (Å²) in [4.78, 5) is 24.1. The zero-order chi connectivity index (χ0) is 16.3. The Morgan fingerprint density at radius 2 is 2.27 bits per heavy atom. The normalized spacial score (nSPS) is 33.0. The number of carboxylic acids is 1. The second-order valence-corrected chi connectivity index (χ2v) is 8.15. The predicted molar refractivity (Wildman–Crippen MR) is 74.3 cm³/mol. The number of carbonyl (C=O) groups is 2. The SMILES string of the molecule is Cc1cc(/C=C\[C@@]2(C)[C@H](C(=O)O)N3C(=O)C[C@H]3S2(=O)=O)on1. The quantitative estimate of drug-likeness (QED) is 0.788. The van der Waals surface area contributed by atoms with Crippen molar-refractivity contribution in [2.24, 2.45) is 0 Å². The molecule has 8 nitrogen and oxygen atoms in total. The second-order valence-electron chi connectivity index (χ2n) is 5.63. The maximum absolute atomic E-state index is 12.6. The summed E-state index contributed by atoms with van der Waals surface area (Å²) >= 11 is 0. The average Bonchev–Trinajstić information content (AvgIpc) is 2.88. The fourth-order valence-electron chi connectivity index (χ4n) is 2.96. The number of aryl methyl sites for hydroxylation is 1. The van der Waals surface area contributed by atoms with Crippen LogP contribution < -0.4 is 0 Å². The maximum Gasteiger partial charge on any atom is 0.328 e. The Bertz CT molecular complexity index is 795. The molecule has 22 heavy (non-hydrogen) atoms. The van der Waals surface area contributed by atoms with Crippen LogP contribution in [-0.2, 0) is 19.4 Å². The number of carboxylic acid groups (broad SMARTS) is 1. The van der Waals surface area contributed by atoms with Crippen LogP contribution in [0.1, 0.15) is 24.8 Å². The molecule has 0 aliphatic carbocycles. The largest absolute Gasteiger partial charge is 0.480 e. The molecule has 0 bridgehead atoms. The smallest absolute Gasteiger partial charge is 0.328 e. The van der Waals surface area contributed by atoms with Crippen LogP contribution in [0.4, 0.5) is 0 Å². The number of aliphatic carboxylic acids is 1. The Morgan fingerprint density at radius 1 is 1.59 bits per heavy atom. The van der Waals surface area contributed by atoms with Gasteiger partial charge in [0, 0.05) is 6.07 Å². The van der Waals surface area contributed by atoms with Gasteiger partial charge in [-0.25, -0.2) is 13.2 Å². The number of nitrogens with zero attached hydrogens (tertiary/aromatic N) is 2. The van der Waals surface area contributed by atoms with E-state index in [1.54, 1.807) is 13.0 Å². The number of carbonyl (C=O) groups excluding carboxylic acids is 1. The Labute approximate surface area is 126 Å². The van der Waals surface area contributed by atoms with Gasteiger partial charge in [-0.15, -0.1) is 0 Å². The molecule has 2 aliphatic heterocycles. The average molecular weight is 326 g/mol. The summed E-state index contributed by atoms with van der Waals surface area (Å²) in [7, 11) is -3.84. The van der Waals surface area contributed by atoms with Crippen LogP contribution in [-0.4, -0.2) is 51.6 Å². The molecule has 3 atom stereocenters. The van der Waals surface area contributed by atoms with Gasteiger partial charge in [0.15, 0.2) is 21.6 Å². The summed E-state index contributed by atoms with van der Waals surface area (Å²) in [5.74, 6) is -1.49. The van der Waals surface area contributed by atoms with Crippen molar-refractivity contribution in [1.29, 1.82) is 0 Å². The minimum Gasteiger partial charge on any atom is -0.480 e. The second kappa shape index (κ2) is 4.42. The monoisotopic (exact) mass is 326 g/mol. The van der Waals surface area contributed by atoms with Gasteiger partial charge >= 0.3 is 5.97 Å². The number of rotatable bonds is 3. The minimum atomic E-state index is -3.84. The lowest BCUT2D eigenvalue weighted by Crippen LogP contribution is -2.57. The molecule has 1 N–H and O–H groups in total. The lowest BCUT2D eigenvalue weighted by molar-refractivity contribution is -0.157. The van der Waals surface area contributed by atoms with Crippen molar-refractivity contribution in [3.05, 3.63) is 23.6 Å². The molecule has 1 aromatic rings. The summed E-state index contributed by atoms with van der Waals surface area (Å²) in [6, 6.07) is 0.154. The highest BCUT2D eigenvalue weighted by Gasteiger charge is 2.69. The molecule has 3 rings (SSSR count). The predicted octanol–water partition coefficient (Wildman–Crippen LogP) is 0.195. The van der Waals surface area contributed by atoms with E-state index in [1.165, 1.54) is 19.1 Å². The molecule has 2 fully saturated rings. The van der Waals surface area contributed by atoms with Crippen LogP contribution in [0.5, 0.6) is 0 Å². The first-order valence-electron chi connectivity index (χ1n) is 6.58. The zero-order valence-corrected chi connectivity index (χ0v) is 12.7. The number of hydrogen-bond donors (Lipinski definition) is 1. The van der Waals surface area contributed by atoms with E-state index in [0.29, 0.717) is 11.5 Å². The van der Waals surface area contributed by atoms with Crippen molar-refractivity contribution in [2.45, 2.75) is 36.4 Å². The van der Waals surface area contributed by atoms with Gasteiger partial charge < -0.3 is 14.5 Å². The van der Waals surface area contributed by atoms with Crippen molar-refractivity contribution in [3.63, 3.8) is 0 Å². The summed E-state index contributed by atoms with van der Waals surface area (Å²) in [5, 5.41) is 12.0. The highest BCUT2D eigenvalue weighted by molar-refractivity contribution is 7.94. The van der Waals surface area contributed by atoms with Crippen molar-refractivity contribution >= 4 is 27.8 Å².